The van der Waals surface area contributed by atoms with Crippen LogP contribution < -0.4 is 5.32 Å². The van der Waals surface area contributed by atoms with Gasteiger partial charge in [-0.1, -0.05) is 27.2 Å². The van der Waals surface area contributed by atoms with Crippen molar-refractivity contribution in [1.29, 1.82) is 0 Å². The van der Waals surface area contributed by atoms with E-state index >= 15 is 0 Å². The maximum Gasteiger partial charge on any atom is 0.00957 e. The highest BCUT2D eigenvalue weighted by Gasteiger charge is 2.23. The summed E-state index contributed by atoms with van der Waals surface area (Å²) in [6, 6.07) is 0.806. The predicted molar refractivity (Wildman–Crippen MR) is 45.0 cm³/mol. The van der Waals surface area contributed by atoms with Gasteiger partial charge < -0.3 is 5.32 Å². The summed E-state index contributed by atoms with van der Waals surface area (Å²) >= 11 is 0. The highest BCUT2D eigenvalue weighted by Crippen LogP contribution is 2.20. The molecule has 0 aromatic carbocycles. The first kappa shape index (κ1) is 8.06. The van der Waals surface area contributed by atoms with Gasteiger partial charge in [-0.3, -0.25) is 0 Å². The van der Waals surface area contributed by atoms with Crippen molar-refractivity contribution in [2.24, 2.45) is 11.8 Å². The molecule has 0 radical (unpaired) electrons. The van der Waals surface area contributed by atoms with E-state index in [0.717, 1.165) is 17.9 Å². The Labute approximate surface area is 64.2 Å². The van der Waals surface area contributed by atoms with Gasteiger partial charge in [-0.2, -0.15) is 0 Å². The van der Waals surface area contributed by atoms with Crippen LogP contribution in [0.15, 0.2) is 0 Å². The number of hydrogen-bond donors (Lipinski definition) is 1. The van der Waals surface area contributed by atoms with Crippen LogP contribution >= 0.6 is 0 Å². The summed E-state index contributed by atoms with van der Waals surface area (Å²) in [7, 11) is 0. The van der Waals surface area contributed by atoms with E-state index in [0.29, 0.717) is 0 Å². The molecule has 1 aliphatic heterocycles. The third-order valence-electron chi connectivity index (χ3n) is 2.72. The van der Waals surface area contributed by atoms with Crippen LogP contribution in [0.4, 0.5) is 0 Å². The summed E-state index contributed by atoms with van der Waals surface area (Å²) in [5, 5.41) is 3.56. The summed E-state index contributed by atoms with van der Waals surface area (Å²) in [6.45, 7) is 8.18. The topological polar surface area (TPSA) is 12.0 Å². The van der Waals surface area contributed by atoms with Gasteiger partial charge >= 0.3 is 0 Å². The molecular formula is C9H19N. The fourth-order valence-corrected chi connectivity index (χ4v) is 1.67. The largest absolute Gasteiger partial charge is 0.313 e. The first-order valence-electron chi connectivity index (χ1n) is 4.47. The second-order valence-corrected chi connectivity index (χ2v) is 3.74. The molecule has 10 heavy (non-hydrogen) atoms. The average Bonchev–Trinajstić information content (AvgIpc) is 2.34. The molecule has 0 amide bonds. The Morgan fingerprint density at radius 2 is 2.30 bits per heavy atom. The van der Waals surface area contributed by atoms with Crippen molar-refractivity contribution in [3.8, 4) is 0 Å². The van der Waals surface area contributed by atoms with E-state index in [4.69, 9.17) is 0 Å². The van der Waals surface area contributed by atoms with Gasteiger partial charge in [-0.05, 0) is 24.8 Å². The van der Waals surface area contributed by atoms with Crippen molar-refractivity contribution in [1.82, 2.24) is 5.32 Å². The normalized spacial score (nSPS) is 36.3. The molecule has 3 unspecified atom stereocenters. The maximum absolute atomic E-state index is 3.56. The fraction of sp³-hybridized carbons (Fsp3) is 1.00. The van der Waals surface area contributed by atoms with Gasteiger partial charge in [-0.15, -0.1) is 0 Å². The smallest absolute Gasteiger partial charge is 0.00957 e. The summed E-state index contributed by atoms with van der Waals surface area (Å²) < 4.78 is 0. The van der Waals surface area contributed by atoms with E-state index in [1.54, 1.807) is 0 Å². The first-order chi connectivity index (χ1) is 4.74. The molecule has 1 saturated heterocycles. The number of rotatable bonds is 2. The first-order valence-corrected chi connectivity index (χ1v) is 4.47. The van der Waals surface area contributed by atoms with Crippen LogP contribution in [-0.2, 0) is 0 Å². The van der Waals surface area contributed by atoms with E-state index < -0.39 is 0 Å². The average molecular weight is 141 g/mol. The Kier molecular flexibility index (Phi) is 2.72. The van der Waals surface area contributed by atoms with Crippen LogP contribution in [-0.4, -0.2) is 12.6 Å². The van der Waals surface area contributed by atoms with Gasteiger partial charge in [0.25, 0.3) is 0 Å². The fourth-order valence-electron chi connectivity index (χ4n) is 1.67. The van der Waals surface area contributed by atoms with Gasteiger partial charge in [0.2, 0.25) is 0 Å². The zero-order valence-electron chi connectivity index (χ0n) is 7.35. The van der Waals surface area contributed by atoms with Crippen LogP contribution in [0.1, 0.15) is 33.6 Å². The molecule has 1 N–H and O–H groups in total. The van der Waals surface area contributed by atoms with E-state index in [2.05, 4.69) is 26.1 Å². The molecule has 0 aliphatic carbocycles. The van der Waals surface area contributed by atoms with Gasteiger partial charge in [0.05, 0.1) is 0 Å². The Bertz CT molecular complexity index is 101. The molecule has 1 heteroatoms. The van der Waals surface area contributed by atoms with Crippen LogP contribution in [0, 0.1) is 11.8 Å². The highest BCUT2D eigenvalue weighted by atomic mass is 15.0. The minimum absolute atomic E-state index is 0.806. The van der Waals surface area contributed by atoms with Crippen LogP contribution in [0.2, 0.25) is 0 Å². The van der Waals surface area contributed by atoms with Crippen molar-refractivity contribution in [3.05, 3.63) is 0 Å². The molecule has 0 aromatic heterocycles. The van der Waals surface area contributed by atoms with Crippen molar-refractivity contribution in [2.45, 2.75) is 39.7 Å². The standard InChI is InChI=1S/C9H19N/c1-4-8(3)9-5-7(2)6-10-9/h7-10H,4-6H2,1-3H3. The monoisotopic (exact) mass is 141 g/mol. The molecule has 0 bridgehead atoms. The van der Waals surface area contributed by atoms with Crippen LogP contribution in [0.3, 0.4) is 0 Å². The van der Waals surface area contributed by atoms with Crippen molar-refractivity contribution >= 4 is 0 Å². The molecule has 60 valence electrons. The molecule has 0 aromatic rings. The van der Waals surface area contributed by atoms with Crippen molar-refractivity contribution in [2.75, 3.05) is 6.54 Å². The second kappa shape index (κ2) is 3.38. The lowest BCUT2D eigenvalue weighted by Gasteiger charge is -2.16. The zero-order valence-corrected chi connectivity index (χ0v) is 7.35. The van der Waals surface area contributed by atoms with Crippen molar-refractivity contribution < 1.29 is 0 Å². The molecule has 1 nitrogen and oxygen atoms in total. The molecule has 3 atom stereocenters. The van der Waals surface area contributed by atoms with Crippen molar-refractivity contribution in [3.63, 3.8) is 0 Å². The third-order valence-corrected chi connectivity index (χ3v) is 2.72. The lowest BCUT2D eigenvalue weighted by Crippen LogP contribution is -2.27. The number of hydrogen-bond acceptors (Lipinski definition) is 1. The minimum atomic E-state index is 0.806. The molecule has 1 rings (SSSR count). The SMILES string of the molecule is CCC(C)C1CC(C)CN1. The second-order valence-electron chi connectivity index (χ2n) is 3.74. The van der Waals surface area contributed by atoms with E-state index in [-0.39, 0.29) is 0 Å². The van der Waals surface area contributed by atoms with E-state index in [9.17, 15) is 0 Å². The Hall–Kier alpha value is -0.0400. The zero-order chi connectivity index (χ0) is 7.56. The molecule has 1 fully saturated rings. The lowest BCUT2D eigenvalue weighted by molar-refractivity contribution is 0.402. The molecule has 0 saturated carbocycles. The summed E-state index contributed by atoms with van der Waals surface area (Å²) in [6.07, 6.45) is 2.69. The summed E-state index contributed by atoms with van der Waals surface area (Å²) in [5.74, 6) is 1.77. The third kappa shape index (κ3) is 1.72. The lowest BCUT2D eigenvalue weighted by atomic mass is 9.95. The quantitative estimate of drug-likeness (QED) is 0.620. The highest BCUT2D eigenvalue weighted by molar-refractivity contribution is 4.82. The molecule has 1 heterocycles. The Morgan fingerprint density at radius 3 is 2.70 bits per heavy atom. The maximum atomic E-state index is 3.56. The molecule has 0 spiro atoms. The Balaban J connectivity index is 2.29. The summed E-state index contributed by atoms with van der Waals surface area (Å²) in [5.41, 5.74) is 0. The van der Waals surface area contributed by atoms with Gasteiger partial charge in [0.1, 0.15) is 0 Å². The van der Waals surface area contributed by atoms with Crippen LogP contribution in [0.5, 0.6) is 0 Å². The minimum Gasteiger partial charge on any atom is -0.313 e. The predicted octanol–water partition coefficient (Wildman–Crippen LogP) is 2.03. The number of nitrogens with one attached hydrogen (secondary N) is 1. The molecular weight excluding hydrogens is 122 g/mol. The van der Waals surface area contributed by atoms with Gasteiger partial charge in [0.15, 0.2) is 0 Å². The van der Waals surface area contributed by atoms with E-state index in [1.807, 2.05) is 0 Å². The van der Waals surface area contributed by atoms with Gasteiger partial charge in [-0.25, -0.2) is 0 Å². The van der Waals surface area contributed by atoms with Gasteiger partial charge in [0, 0.05) is 6.04 Å². The summed E-state index contributed by atoms with van der Waals surface area (Å²) in [4.78, 5) is 0. The molecule has 1 aliphatic rings. The Morgan fingerprint density at radius 1 is 1.60 bits per heavy atom. The van der Waals surface area contributed by atoms with E-state index in [1.165, 1.54) is 19.4 Å². The van der Waals surface area contributed by atoms with Crippen LogP contribution in [0.25, 0.3) is 0 Å².